The number of alkyl halides is 6. The predicted molar refractivity (Wildman–Crippen MR) is 70.1 cm³/mol. The molecule has 0 saturated heterocycles. The third kappa shape index (κ3) is 3.93. The van der Waals surface area contributed by atoms with E-state index in [0.717, 1.165) is 12.1 Å². The highest BCUT2D eigenvalue weighted by molar-refractivity contribution is 5.42. The van der Waals surface area contributed by atoms with E-state index in [1.54, 1.807) is 12.1 Å². The van der Waals surface area contributed by atoms with E-state index in [1.165, 1.54) is 12.1 Å². The first-order valence-electron chi connectivity index (χ1n) is 6.18. The van der Waals surface area contributed by atoms with Crippen molar-refractivity contribution in [1.29, 1.82) is 0 Å². The van der Waals surface area contributed by atoms with Crippen molar-refractivity contribution < 1.29 is 26.3 Å². The Kier molecular flexibility index (Phi) is 4.08. The molecule has 0 aromatic heterocycles. The highest BCUT2D eigenvalue weighted by Gasteiger charge is 2.36. The average Bonchev–Trinajstić information content (AvgIpc) is 2.39. The quantitative estimate of drug-likeness (QED) is 0.618. The summed E-state index contributed by atoms with van der Waals surface area (Å²) in [6, 6.07) is 7.76. The Morgan fingerprint density at radius 3 is 1.55 bits per heavy atom. The molecule has 0 saturated carbocycles. The normalized spacial score (nSPS) is 12.5. The van der Waals surface area contributed by atoms with Crippen LogP contribution in [0.1, 0.15) is 22.3 Å². The monoisotopic (exact) mass is 319 g/mol. The maximum absolute atomic E-state index is 12.7. The number of halogens is 6. The number of hydrogen-bond acceptors (Lipinski definition) is 1. The lowest BCUT2D eigenvalue weighted by Crippen LogP contribution is -2.12. The van der Waals surface area contributed by atoms with E-state index < -0.39 is 23.5 Å². The molecule has 118 valence electrons. The number of anilines is 1. The molecule has 0 spiro atoms. The fourth-order valence-corrected chi connectivity index (χ4v) is 1.99. The Balaban J connectivity index is 2.44. The zero-order valence-corrected chi connectivity index (χ0v) is 11.1. The van der Waals surface area contributed by atoms with Crippen LogP contribution in [0.5, 0.6) is 0 Å². The third-order valence-electron chi connectivity index (χ3n) is 3.04. The Morgan fingerprint density at radius 1 is 0.682 bits per heavy atom. The zero-order chi connectivity index (χ0) is 16.5. The topological polar surface area (TPSA) is 26.0 Å². The lowest BCUT2D eigenvalue weighted by molar-refractivity contribution is -0.143. The summed E-state index contributed by atoms with van der Waals surface area (Å²) in [5, 5.41) is 0. The first-order chi connectivity index (χ1) is 10.1. The smallest absolute Gasteiger partial charge is 0.399 e. The molecular formula is C15H11F6N. The Labute approximate surface area is 122 Å². The predicted octanol–water partition coefficient (Wildman–Crippen LogP) is 4.90. The molecular weight excluding hydrogens is 308 g/mol. The molecule has 0 fully saturated rings. The van der Waals surface area contributed by atoms with E-state index in [9.17, 15) is 26.3 Å². The first kappa shape index (κ1) is 16.2. The standard InChI is InChI=1S/C15H11F6N/c16-14(17,18)11-6-10(7-12(8-11)15(19,20)21)5-9-1-3-13(22)4-2-9/h1-4,6-8H,5,22H2. The van der Waals surface area contributed by atoms with Gasteiger partial charge in [0.15, 0.2) is 0 Å². The molecule has 2 aromatic carbocycles. The van der Waals surface area contributed by atoms with Gasteiger partial charge in [-0.15, -0.1) is 0 Å². The van der Waals surface area contributed by atoms with Gasteiger partial charge in [0.05, 0.1) is 11.1 Å². The summed E-state index contributed by atoms with van der Waals surface area (Å²) in [7, 11) is 0. The fourth-order valence-electron chi connectivity index (χ4n) is 1.99. The second-order valence-corrected chi connectivity index (χ2v) is 4.83. The number of nitrogens with two attached hydrogens (primary N) is 1. The summed E-state index contributed by atoms with van der Waals surface area (Å²) in [4.78, 5) is 0. The van der Waals surface area contributed by atoms with Gasteiger partial charge < -0.3 is 5.73 Å². The molecule has 0 bridgehead atoms. The van der Waals surface area contributed by atoms with Crippen molar-refractivity contribution in [3.63, 3.8) is 0 Å². The summed E-state index contributed by atoms with van der Waals surface area (Å²) >= 11 is 0. The molecule has 7 heteroatoms. The molecule has 0 heterocycles. The van der Waals surface area contributed by atoms with Crippen LogP contribution in [0.4, 0.5) is 32.0 Å². The average molecular weight is 319 g/mol. The molecule has 2 N–H and O–H groups in total. The molecule has 0 radical (unpaired) electrons. The Bertz CT molecular complexity index is 623. The minimum absolute atomic E-state index is 0.0483. The van der Waals surface area contributed by atoms with Crippen LogP contribution < -0.4 is 5.73 Å². The van der Waals surface area contributed by atoms with Gasteiger partial charge in [-0.3, -0.25) is 0 Å². The van der Waals surface area contributed by atoms with Crippen molar-refractivity contribution in [3.05, 3.63) is 64.7 Å². The van der Waals surface area contributed by atoms with E-state index in [1.807, 2.05) is 0 Å². The van der Waals surface area contributed by atoms with Crippen LogP contribution in [0.15, 0.2) is 42.5 Å². The SMILES string of the molecule is Nc1ccc(Cc2cc(C(F)(F)F)cc(C(F)(F)F)c2)cc1. The van der Waals surface area contributed by atoms with Gasteiger partial charge in [0, 0.05) is 5.69 Å². The van der Waals surface area contributed by atoms with Gasteiger partial charge in [0.25, 0.3) is 0 Å². The lowest BCUT2D eigenvalue weighted by atomic mass is 9.99. The molecule has 22 heavy (non-hydrogen) atoms. The molecule has 0 aliphatic carbocycles. The van der Waals surface area contributed by atoms with Crippen molar-refractivity contribution in [3.8, 4) is 0 Å². The minimum Gasteiger partial charge on any atom is -0.399 e. The summed E-state index contributed by atoms with van der Waals surface area (Å²) in [6.45, 7) is 0. The first-order valence-corrected chi connectivity index (χ1v) is 6.18. The van der Waals surface area contributed by atoms with Crippen molar-refractivity contribution in [2.45, 2.75) is 18.8 Å². The summed E-state index contributed by atoms with van der Waals surface area (Å²) in [5.41, 5.74) is 3.83. The fraction of sp³-hybridized carbons (Fsp3) is 0.200. The second kappa shape index (κ2) is 5.55. The zero-order valence-electron chi connectivity index (χ0n) is 11.1. The van der Waals surface area contributed by atoms with Gasteiger partial charge in [-0.05, 0) is 47.9 Å². The highest BCUT2D eigenvalue weighted by atomic mass is 19.4. The van der Waals surface area contributed by atoms with Crippen molar-refractivity contribution in [1.82, 2.24) is 0 Å². The Morgan fingerprint density at radius 2 is 1.14 bits per heavy atom. The third-order valence-corrected chi connectivity index (χ3v) is 3.04. The van der Waals surface area contributed by atoms with Crippen molar-refractivity contribution in [2.75, 3.05) is 5.73 Å². The molecule has 0 amide bonds. The molecule has 0 unspecified atom stereocenters. The molecule has 1 nitrogen and oxygen atoms in total. The van der Waals surface area contributed by atoms with Gasteiger partial charge in [-0.2, -0.15) is 26.3 Å². The maximum Gasteiger partial charge on any atom is 0.416 e. The summed E-state index contributed by atoms with van der Waals surface area (Å²) in [5.74, 6) is 0. The molecule has 2 aromatic rings. The van der Waals surface area contributed by atoms with Gasteiger partial charge in [-0.1, -0.05) is 12.1 Å². The summed E-state index contributed by atoms with van der Waals surface area (Å²) in [6.07, 6.45) is -9.72. The lowest BCUT2D eigenvalue weighted by Gasteiger charge is -2.14. The van der Waals surface area contributed by atoms with E-state index in [4.69, 9.17) is 5.73 Å². The van der Waals surface area contributed by atoms with E-state index in [-0.39, 0.29) is 18.1 Å². The van der Waals surface area contributed by atoms with Gasteiger partial charge in [0.1, 0.15) is 0 Å². The molecule has 2 rings (SSSR count). The van der Waals surface area contributed by atoms with Gasteiger partial charge in [-0.25, -0.2) is 0 Å². The maximum atomic E-state index is 12.7. The Hall–Kier alpha value is -2.18. The number of nitrogen functional groups attached to an aromatic ring is 1. The van der Waals surface area contributed by atoms with Crippen LogP contribution in [0.25, 0.3) is 0 Å². The van der Waals surface area contributed by atoms with Crippen LogP contribution in [0.2, 0.25) is 0 Å². The van der Waals surface area contributed by atoms with Crippen LogP contribution in [-0.2, 0) is 18.8 Å². The van der Waals surface area contributed by atoms with Crippen LogP contribution in [0, 0.1) is 0 Å². The number of rotatable bonds is 2. The van der Waals surface area contributed by atoms with Crippen LogP contribution >= 0.6 is 0 Å². The summed E-state index contributed by atoms with van der Waals surface area (Å²) < 4.78 is 76.5. The number of hydrogen-bond donors (Lipinski definition) is 1. The van der Waals surface area contributed by atoms with E-state index in [0.29, 0.717) is 11.3 Å². The van der Waals surface area contributed by atoms with Crippen molar-refractivity contribution in [2.24, 2.45) is 0 Å². The largest absolute Gasteiger partial charge is 0.416 e. The molecule has 0 aliphatic heterocycles. The van der Waals surface area contributed by atoms with Crippen LogP contribution in [-0.4, -0.2) is 0 Å². The molecule has 0 aliphatic rings. The van der Waals surface area contributed by atoms with E-state index in [2.05, 4.69) is 0 Å². The van der Waals surface area contributed by atoms with Crippen LogP contribution in [0.3, 0.4) is 0 Å². The minimum atomic E-state index is -4.84. The van der Waals surface area contributed by atoms with Crippen molar-refractivity contribution >= 4 is 5.69 Å². The van der Waals surface area contributed by atoms with E-state index >= 15 is 0 Å². The molecule has 0 atom stereocenters. The highest BCUT2D eigenvalue weighted by Crippen LogP contribution is 2.36. The van der Waals surface area contributed by atoms with Gasteiger partial charge in [0.2, 0.25) is 0 Å². The number of benzene rings is 2. The van der Waals surface area contributed by atoms with Gasteiger partial charge >= 0.3 is 12.4 Å². The second-order valence-electron chi connectivity index (χ2n) is 4.83.